The van der Waals surface area contributed by atoms with E-state index in [1.54, 1.807) is 0 Å². The van der Waals surface area contributed by atoms with E-state index >= 15 is 0 Å². The Morgan fingerprint density at radius 3 is 2.41 bits per heavy atom. The summed E-state index contributed by atoms with van der Waals surface area (Å²) < 4.78 is 31.7. The Morgan fingerprint density at radius 2 is 1.78 bits per heavy atom. The number of amides is 1. The van der Waals surface area contributed by atoms with Crippen molar-refractivity contribution in [3.63, 3.8) is 0 Å². The number of carboxylic acids is 1. The van der Waals surface area contributed by atoms with Crippen molar-refractivity contribution in [1.29, 1.82) is 0 Å². The lowest BCUT2D eigenvalue weighted by Crippen LogP contribution is -2.30. The molecule has 0 radical (unpaired) electrons. The van der Waals surface area contributed by atoms with Gasteiger partial charge >= 0.3 is 12.1 Å². The fourth-order valence-corrected chi connectivity index (χ4v) is 4.98. The van der Waals surface area contributed by atoms with Crippen LogP contribution in [0.4, 0.5) is 13.2 Å². The zero-order chi connectivity index (χ0) is 27.0. The van der Waals surface area contributed by atoms with E-state index in [4.69, 9.17) is 21.5 Å². The second kappa shape index (κ2) is 13.1. The Labute approximate surface area is 222 Å². The third-order valence-electron chi connectivity index (χ3n) is 5.98. The molecule has 2 aromatic carbocycles. The quantitative estimate of drug-likeness (QED) is 0.350. The summed E-state index contributed by atoms with van der Waals surface area (Å²) in [5.74, 6) is -2.23. The van der Waals surface area contributed by atoms with E-state index in [1.807, 2.05) is 35.7 Å². The summed E-state index contributed by atoms with van der Waals surface area (Å²) in [6.07, 6.45) is -2.87. The molecule has 1 saturated heterocycles. The number of carbonyl (C=O) groups is 2. The normalized spacial score (nSPS) is 15.6. The van der Waals surface area contributed by atoms with Crippen molar-refractivity contribution in [2.45, 2.75) is 32.5 Å². The van der Waals surface area contributed by atoms with Crippen LogP contribution in [0, 0.1) is 5.92 Å². The number of hydrogen-bond donors (Lipinski definition) is 2. The molecule has 0 bridgehead atoms. The van der Waals surface area contributed by atoms with Crippen molar-refractivity contribution in [2.75, 3.05) is 19.6 Å². The number of alkyl halides is 3. The molecule has 1 amide bonds. The van der Waals surface area contributed by atoms with Crippen molar-refractivity contribution in [3.05, 3.63) is 81.0 Å². The van der Waals surface area contributed by atoms with Crippen molar-refractivity contribution in [3.8, 4) is 11.1 Å². The minimum Gasteiger partial charge on any atom is -0.475 e. The summed E-state index contributed by atoms with van der Waals surface area (Å²) in [6.45, 7) is 6.03. The van der Waals surface area contributed by atoms with Gasteiger partial charge in [-0.1, -0.05) is 54.9 Å². The maximum atomic E-state index is 12.6. The van der Waals surface area contributed by atoms with E-state index < -0.39 is 12.1 Å². The first-order chi connectivity index (χ1) is 17.5. The van der Waals surface area contributed by atoms with Gasteiger partial charge in [0.25, 0.3) is 5.91 Å². The predicted octanol–water partition coefficient (Wildman–Crippen LogP) is 6.52. The number of nitrogens with zero attached hydrogens (tertiary/aromatic N) is 1. The van der Waals surface area contributed by atoms with Crippen LogP contribution in [0.5, 0.6) is 0 Å². The first kappa shape index (κ1) is 28.7. The summed E-state index contributed by atoms with van der Waals surface area (Å²) in [4.78, 5) is 24.7. The van der Waals surface area contributed by atoms with Crippen LogP contribution in [0.25, 0.3) is 11.1 Å². The minimum absolute atomic E-state index is 0.0156. The Hall–Kier alpha value is -2.88. The number of likely N-dealkylation sites (tertiary alicyclic amines) is 1. The van der Waals surface area contributed by atoms with Gasteiger partial charge in [-0.25, -0.2) is 4.79 Å². The van der Waals surface area contributed by atoms with Gasteiger partial charge in [0.1, 0.15) is 0 Å². The maximum Gasteiger partial charge on any atom is 0.490 e. The molecule has 198 valence electrons. The van der Waals surface area contributed by atoms with Gasteiger partial charge in [0.15, 0.2) is 0 Å². The van der Waals surface area contributed by atoms with Gasteiger partial charge < -0.3 is 10.4 Å². The lowest BCUT2D eigenvalue weighted by molar-refractivity contribution is -0.192. The molecule has 5 nitrogen and oxygen atoms in total. The molecule has 0 spiro atoms. The smallest absolute Gasteiger partial charge is 0.475 e. The maximum absolute atomic E-state index is 12.6. The van der Waals surface area contributed by atoms with E-state index in [0.717, 1.165) is 55.0 Å². The highest BCUT2D eigenvalue weighted by Crippen LogP contribution is 2.28. The van der Waals surface area contributed by atoms with Gasteiger partial charge in [0, 0.05) is 24.7 Å². The number of aryl methyl sites for hydroxylation is 1. The second-order valence-electron chi connectivity index (χ2n) is 8.78. The molecule has 0 saturated carbocycles. The molecular weight excluding hydrogens is 525 g/mol. The summed E-state index contributed by atoms with van der Waals surface area (Å²) in [5, 5.41) is 13.0. The average molecular weight is 553 g/mol. The molecule has 1 fully saturated rings. The predicted molar refractivity (Wildman–Crippen MR) is 140 cm³/mol. The molecule has 3 aromatic rings. The number of rotatable bonds is 7. The lowest BCUT2D eigenvalue weighted by atomic mass is 10.1. The molecule has 1 atom stereocenters. The molecule has 2 heterocycles. The molecule has 1 aromatic heterocycles. The van der Waals surface area contributed by atoms with E-state index in [1.165, 1.54) is 22.5 Å². The molecular formula is C27H28ClF3N2O3S. The number of benzene rings is 2. The van der Waals surface area contributed by atoms with Gasteiger partial charge in [-0.2, -0.15) is 13.2 Å². The van der Waals surface area contributed by atoms with Crippen molar-refractivity contribution in [2.24, 2.45) is 5.92 Å². The summed E-state index contributed by atoms with van der Waals surface area (Å²) in [7, 11) is 0. The molecule has 10 heteroatoms. The van der Waals surface area contributed by atoms with E-state index in [-0.39, 0.29) is 5.91 Å². The number of carbonyl (C=O) groups excluding carboxylic acids is 1. The second-order valence-corrected chi connectivity index (χ2v) is 10.1. The largest absolute Gasteiger partial charge is 0.490 e. The van der Waals surface area contributed by atoms with Crippen LogP contribution in [-0.4, -0.2) is 47.7 Å². The number of halogens is 4. The summed E-state index contributed by atoms with van der Waals surface area (Å²) in [5.41, 5.74) is 4.82. The van der Waals surface area contributed by atoms with E-state index in [2.05, 4.69) is 41.4 Å². The SMILES string of the molecule is CCc1ccc(CN2CCC(CNC(=O)c3cc(-c4cccc(Cl)c4)cs3)C2)cc1.O=C(O)C(F)(F)F. The molecule has 1 aliphatic rings. The number of hydrogen-bond acceptors (Lipinski definition) is 4. The number of nitrogens with one attached hydrogen (secondary N) is 1. The molecule has 1 aliphatic heterocycles. The zero-order valence-corrected chi connectivity index (χ0v) is 21.8. The Balaban J connectivity index is 0.000000479. The van der Waals surface area contributed by atoms with Crippen LogP contribution in [0.3, 0.4) is 0 Å². The van der Waals surface area contributed by atoms with E-state index in [9.17, 15) is 18.0 Å². The van der Waals surface area contributed by atoms with Crippen LogP contribution in [-0.2, 0) is 17.8 Å². The van der Waals surface area contributed by atoms with Crippen molar-refractivity contribution < 1.29 is 27.9 Å². The lowest BCUT2D eigenvalue weighted by Gasteiger charge is -2.16. The number of thiophene rings is 1. The van der Waals surface area contributed by atoms with Crippen LogP contribution >= 0.6 is 22.9 Å². The van der Waals surface area contributed by atoms with Gasteiger partial charge in [0.05, 0.1) is 4.88 Å². The summed E-state index contributed by atoms with van der Waals surface area (Å²) >= 11 is 7.56. The van der Waals surface area contributed by atoms with E-state index in [0.29, 0.717) is 10.9 Å². The van der Waals surface area contributed by atoms with Gasteiger partial charge in [-0.3, -0.25) is 9.69 Å². The third kappa shape index (κ3) is 8.87. The van der Waals surface area contributed by atoms with Crippen LogP contribution in [0.15, 0.2) is 60.0 Å². The third-order valence-corrected chi connectivity index (χ3v) is 7.15. The molecule has 2 N–H and O–H groups in total. The first-order valence-electron chi connectivity index (χ1n) is 11.8. The van der Waals surface area contributed by atoms with Crippen LogP contribution < -0.4 is 5.32 Å². The topological polar surface area (TPSA) is 69.6 Å². The Kier molecular flexibility index (Phi) is 10.1. The standard InChI is InChI=1S/C25H27ClN2OS.C2HF3O2/c1-2-18-6-8-19(9-7-18)15-28-11-10-20(16-28)14-27-25(29)24-13-22(17-30-24)21-4-3-5-23(26)12-21;3-2(4,5)1(6)7/h3-9,12-13,17,20H,2,10-11,14-16H2,1H3,(H,27,29);(H,6,7). The van der Waals surface area contributed by atoms with Gasteiger partial charge in [0.2, 0.25) is 0 Å². The molecule has 1 unspecified atom stereocenters. The van der Waals surface area contributed by atoms with Gasteiger partial charge in [-0.05, 0) is 71.1 Å². The molecule has 0 aliphatic carbocycles. The Bertz CT molecular complexity index is 1200. The van der Waals surface area contributed by atoms with Crippen LogP contribution in [0.1, 0.15) is 34.1 Å². The number of carboxylic acid groups (broad SMARTS) is 1. The number of aliphatic carboxylic acids is 1. The summed E-state index contributed by atoms with van der Waals surface area (Å²) in [6, 6.07) is 18.6. The van der Waals surface area contributed by atoms with Crippen LogP contribution in [0.2, 0.25) is 5.02 Å². The molecule has 37 heavy (non-hydrogen) atoms. The van der Waals surface area contributed by atoms with Crippen molar-refractivity contribution in [1.82, 2.24) is 10.2 Å². The average Bonchev–Trinajstić information content (AvgIpc) is 3.53. The highest BCUT2D eigenvalue weighted by Gasteiger charge is 2.38. The highest BCUT2D eigenvalue weighted by molar-refractivity contribution is 7.12. The molecule has 4 rings (SSSR count). The Morgan fingerprint density at radius 1 is 1.11 bits per heavy atom. The monoisotopic (exact) mass is 552 g/mol. The minimum atomic E-state index is -5.08. The van der Waals surface area contributed by atoms with Gasteiger partial charge in [-0.15, -0.1) is 11.3 Å². The fraction of sp³-hybridized carbons (Fsp3) is 0.333. The highest BCUT2D eigenvalue weighted by atomic mass is 35.5. The van der Waals surface area contributed by atoms with Crippen molar-refractivity contribution >= 4 is 34.8 Å². The zero-order valence-electron chi connectivity index (χ0n) is 20.2. The first-order valence-corrected chi connectivity index (χ1v) is 13.0. The fourth-order valence-electron chi connectivity index (χ4n) is 3.96.